The summed E-state index contributed by atoms with van der Waals surface area (Å²) in [7, 11) is 1.30. The van der Waals surface area contributed by atoms with Gasteiger partial charge in [-0.25, -0.2) is 13.9 Å². The summed E-state index contributed by atoms with van der Waals surface area (Å²) in [5, 5.41) is 15.0. The van der Waals surface area contributed by atoms with E-state index < -0.39 is 11.6 Å². The maximum absolute atomic E-state index is 14.3. The van der Waals surface area contributed by atoms with Crippen molar-refractivity contribution in [1.29, 1.82) is 5.26 Å². The summed E-state index contributed by atoms with van der Waals surface area (Å²) in [6.07, 6.45) is 2.97. The van der Waals surface area contributed by atoms with Crippen LogP contribution in [-0.2, 0) is 10.4 Å². The molecule has 0 saturated heterocycles. The Balaban J connectivity index is 2.13. The Kier molecular flexibility index (Phi) is 3.85. The van der Waals surface area contributed by atoms with E-state index in [-0.39, 0.29) is 0 Å². The van der Waals surface area contributed by atoms with Crippen LogP contribution in [-0.4, -0.2) is 22.9 Å². The maximum atomic E-state index is 14.3. The van der Waals surface area contributed by atoms with Crippen molar-refractivity contribution >= 4 is 27.4 Å². The summed E-state index contributed by atoms with van der Waals surface area (Å²) in [5.74, 6) is -0.471. The predicted octanol–water partition coefficient (Wildman–Crippen LogP) is 3.95. The molecule has 7 heteroatoms. The molecule has 0 saturated carbocycles. The number of alkyl halides is 1. The Bertz CT molecular complexity index is 976. The van der Waals surface area contributed by atoms with Gasteiger partial charge in [-0.2, -0.15) is 10.4 Å². The molecule has 5 nitrogen and oxygen atoms in total. The minimum absolute atomic E-state index is 0.334. The van der Waals surface area contributed by atoms with E-state index in [1.807, 2.05) is 6.07 Å². The number of ether oxygens (including phenoxy) is 1. The molecule has 3 aromatic rings. The Hall–Kier alpha value is -2.72. The molecule has 0 spiro atoms. The van der Waals surface area contributed by atoms with Gasteiger partial charge < -0.3 is 4.74 Å². The van der Waals surface area contributed by atoms with Gasteiger partial charge in [-0.3, -0.25) is 0 Å². The van der Waals surface area contributed by atoms with E-state index in [0.29, 0.717) is 16.7 Å². The lowest BCUT2D eigenvalue weighted by Gasteiger charge is -2.15. The highest BCUT2D eigenvalue weighted by Gasteiger charge is 2.22. The molecule has 0 N–H and O–H groups in total. The van der Waals surface area contributed by atoms with Gasteiger partial charge in [0.15, 0.2) is 0 Å². The van der Waals surface area contributed by atoms with Crippen LogP contribution in [0, 0.1) is 11.3 Å². The van der Waals surface area contributed by atoms with Crippen LogP contribution in [0.2, 0.25) is 0 Å². The van der Waals surface area contributed by atoms with Crippen LogP contribution in [0.3, 0.4) is 0 Å². The van der Waals surface area contributed by atoms with Gasteiger partial charge in [0.2, 0.25) is 0 Å². The van der Waals surface area contributed by atoms with Crippen molar-refractivity contribution in [3.63, 3.8) is 0 Å². The minimum Gasteiger partial charge on any atom is -0.465 e. The van der Waals surface area contributed by atoms with Crippen molar-refractivity contribution in [2.24, 2.45) is 0 Å². The Morgan fingerprint density at radius 2 is 2.17 bits per heavy atom. The molecular weight excluding hydrogens is 329 g/mol. The number of rotatable bonds is 3. The van der Waals surface area contributed by atoms with Gasteiger partial charge in [0.1, 0.15) is 16.7 Å². The van der Waals surface area contributed by atoms with Crippen LogP contribution in [0.4, 0.5) is 4.39 Å². The van der Waals surface area contributed by atoms with Gasteiger partial charge in [0, 0.05) is 6.20 Å². The number of methoxy groups -OCH3 is 1. The summed E-state index contributed by atoms with van der Waals surface area (Å²) >= 11 is 1.36. The summed E-state index contributed by atoms with van der Waals surface area (Å²) < 4.78 is 21.2. The molecule has 2 aromatic heterocycles. The van der Waals surface area contributed by atoms with E-state index in [9.17, 15) is 14.4 Å². The highest BCUT2D eigenvalue weighted by molar-refractivity contribution is 7.21. The fraction of sp³-hybridized carbons (Fsp3) is 0.235. The number of hydrogen-bond donors (Lipinski definition) is 0. The van der Waals surface area contributed by atoms with Gasteiger partial charge in [-0.1, -0.05) is 0 Å². The Labute approximate surface area is 141 Å². The fourth-order valence-electron chi connectivity index (χ4n) is 2.35. The second-order valence-electron chi connectivity index (χ2n) is 5.78. The SMILES string of the molecule is COC(=O)c1cnn(-c2cc3cc(C(C)(C)F)cc(C#N)c3s2)c1. The standard InChI is InChI=1S/C17H14FN3O2S/c1-17(2,18)13-4-10-6-14(24-15(10)11(5-13)7-19)21-9-12(8-20-21)16(22)23-3/h4-6,8-9H,1-3H3. The van der Waals surface area contributed by atoms with Crippen LogP contribution in [0.15, 0.2) is 30.6 Å². The summed E-state index contributed by atoms with van der Waals surface area (Å²) in [6, 6.07) is 7.26. The quantitative estimate of drug-likeness (QED) is 0.675. The second kappa shape index (κ2) is 5.73. The number of fused-ring (bicyclic) bond motifs is 1. The van der Waals surface area contributed by atoms with Crippen LogP contribution in [0.1, 0.15) is 35.3 Å². The van der Waals surface area contributed by atoms with Gasteiger partial charge in [0.05, 0.1) is 29.1 Å². The van der Waals surface area contributed by atoms with Crippen LogP contribution in [0.5, 0.6) is 0 Å². The van der Waals surface area contributed by atoms with Crippen LogP contribution in [0.25, 0.3) is 15.1 Å². The molecule has 0 atom stereocenters. The fourth-order valence-corrected chi connectivity index (χ4v) is 3.38. The molecule has 0 unspecified atom stereocenters. The monoisotopic (exact) mass is 343 g/mol. The summed E-state index contributed by atoms with van der Waals surface area (Å²) in [6.45, 7) is 2.91. The second-order valence-corrected chi connectivity index (χ2v) is 6.81. The Morgan fingerprint density at radius 3 is 2.79 bits per heavy atom. The third-order valence-corrected chi connectivity index (χ3v) is 4.81. The zero-order chi connectivity index (χ0) is 17.5. The maximum Gasteiger partial charge on any atom is 0.341 e. The van der Waals surface area contributed by atoms with Crippen molar-refractivity contribution < 1.29 is 13.9 Å². The molecule has 3 rings (SSSR count). The first-order chi connectivity index (χ1) is 11.3. The van der Waals surface area contributed by atoms with Crippen molar-refractivity contribution in [2.75, 3.05) is 7.11 Å². The number of hydrogen-bond acceptors (Lipinski definition) is 5. The number of halogens is 1. The first-order valence-corrected chi connectivity index (χ1v) is 7.95. The van der Waals surface area contributed by atoms with Gasteiger partial charge in [-0.15, -0.1) is 11.3 Å². The minimum atomic E-state index is -1.54. The average Bonchev–Trinajstić information content (AvgIpc) is 3.18. The van der Waals surface area contributed by atoms with E-state index >= 15 is 0 Å². The topological polar surface area (TPSA) is 67.9 Å². The normalized spacial score (nSPS) is 11.5. The molecule has 0 aliphatic rings. The summed E-state index contributed by atoms with van der Waals surface area (Å²) in [5.41, 5.74) is -0.330. The first-order valence-electron chi connectivity index (χ1n) is 7.14. The predicted molar refractivity (Wildman–Crippen MR) is 89.1 cm³/mol. The largest absolute Gasteiger partial charge is 0.465 e. The third kappa shape index (κ3) is 2.76. The number of aromatic nitrogens is 2. The van der Waals surface area contributed by atoms with Gasteiger partial charge >= 0.3 is 5.97 Å². The molecule has 122 valence electrons. The molecular formula is C17H14FN3O2S. The molecule has 2 heterocycles. The number of nitriles is 1. The van der Waals surface area contributed by atoms with Crippen LogP contribution >= 0.6 is 11.3 Å². The van der Waals surface area contributed by atoms with E-state index in [0.717, 1.165) is 15.1 Å². The third-order valence-electron chi connectivity index (χ3n) is 3.64. The molecule has 0 bridgehead atoms. The molecule has 0 fully saturated rings. The lowest BCUT2D eigenvalue weighted by atomic mass is 9.97. The zero-order valence-electron chi connectivity index (χ0n) is 13.3. The van der Waals surface area contributed by atoms with Crippen molar-refractivity contribution in [3.8, 4) is 11.1 Å². The number of carbonyl (C=O) groups excluding carboxylic acids is 1. The van der Waals surface area contributed by atoms with E-state index in [4.69, 9.17) is 0 Å². The Morgan fingerprint density at radius 1 is 1.42 bits per heavy atom. The lowest BCUT2D eigenvalue weighted by Crippen LogP contribution is -2.08. The van der Waals surface area contributed by atoms with E-state index in [1.54, 1.807) is 23.0 Å². The van der Waals surface area contributed by atoms with Crippen LogP contribution < -0.4 is 0 Å². The highest BCUT2D eigenvalue weighted by Crippen LogP contribution is 2.35. The summed E-state index contributed by atoms with van der Waals surface area (Å²) in [4.78, 5) is 11.5. The molecule has 24 heavy (non-hydrogen) atoms. The van der Waals surface area contributed by atoms with E-state index in [2.05, 4.69) is 15.9 Å². The average molecular weight is 343 g/mol. The molecule has 0 aliphatic carbocycles. The number of carbonyl (C=O) groups is 1. The number of benzene rings is 1. The van der Waals surface area contributed by atoms with Gasteiger partial charge in [-0.05, 0) is 43.0 Å². The lowest BCUT2D eigenvalue weighted by molar-refractivity contribution is 0.0600. The number of thiophene rings is 1. The van der Waals surface area contributed by atoms with Gasteiger partial charge in [0.25, 0.3) is 0 Å². The molecule has 0 aliphatic heterocycles. The number of esters is 1. The molecule has 1 aromatic carbocycles. The zero-order valence-corrected chi connectivity index (χ0v) is 14.1. The number of nitrogens with zero attached hydrogens (tertiary/aromatic N) is 3. The van der Waals surface area contributed by atoms with Crippen molar-refractivity contribution in [3.05, 3.63) is 47.3 Å². The highest BCUT2D eigenvalue weighted by atomic mass is 32.1. The van der Waals surface area contributed by atoms with E-state index in [1.165, 1.54) is 38.5 Å². The first kappa shape index (κ1) is 16.1. The molecule has 0 radical (unpaired) electrons. The molecule has 0 amide bonds. The van der Waals surface area contributed by atoms with Crippen molar-refractivity contribution in [1.82, 2.24) is 9.78 Å². The smallest absolute Gasteiger partial charge is 0.341 e. The van der Waals surface area contributed by atoms with Crippen molar-refractivity contribution in [2.45, 2.75) is 19.5 Å².